The van der Waals surface area contributed by atoms with Crippen LogP contribution in [0.3, 0.4) is 0 Å². The van der Waals surface area contributed by atoms with E-state index < -0.39 is 0 Å². The Morgan fingerprint density at radius 2 is 2.25 bits per heavy atom. The van der Waals surface area contributed by atoms with E-state index in [0.29, 0.717) is 19.8 Å². The van der Waals surface area contributed by atoms with Crippen LogP contribution in [-0.2, 0) is 22.4 Å². The van der Waals surface area contributed by atoms with Crippen molar-refractivity contribution in [2.75, 3.05) is 26.9 Å². The van der Waals surface area contributed by atoms with Gasteiger partial charge in [0.1, 0.15) is 0 Å². The van der Waals surface area contributed by atoms with Gasteiger partial charge in [-0.2, -0.15) is 5.10 Å². The van der Waals surface area contributed by atoms with Crippen molar-refractivity contribution < 1.29 is 9.47 Å². The summed E-state index contributed by atoms with van der Waals surface area (Å²) in [6.07, 6.45) is 4.74. The van der Waals surface area contributed by atoms with Crippen molar-refractivity contribution in [3.05, 3.63) is 18.0 Å². The van der Waals surface area contributed by atoms with Gasteiger partial charge in [0.05, 0.1) is 32.6 Å². The Balaban J connectivity index is 2.19. The molecule has 0 saturated carbocycles. The van der Waals surface area contributed by atoms with E-state index in [4.69, 9.17) is 15.2 Å². The lowest BCUT2D eigenvalue weighted by atomic mass is 10.1. The molecule has 0 spiro atoms. The Kier molecular flexibility index (Phi) is 6.07. The van der Waals surface area contributed by atoms with Gasteiger partial charge in [-0.05, 0) is 18.9 Å². The molecule has 1 heterocycles. The molecular weight excluding hydrogens is 206 g/mol. The number of nitrogens with zero attached hydrogens (tertiary/aromatic N) is 2. The van der Waals surface area contributed by atoms with Gasteiger partial charge in [-0.15, -0.1) is 0 Å². The lowest BCUT2D eigenvalue weighted by molar-refractivity contribution is 0.0654. The third-order valence-electron chi connectivity index (χ3n) is 2.14. The molecule has 0 radical (unpaired) electrons. The van der Waals surface area contributed by atoms with Crippen molar-refractivity contribution in [1.82, 2.24) is 9.78 Å². The Morgan fingerprint density at radius 1 is 1.44 bits per heavy atom. The number of rotatable bonds is 8. The van der Waals surface area contributed by atoms with Crippen LogP contribution in [0.25, 0.3) is 0 Å². The predicted molar refractivity (Wildman–Crippen MR) is 62.3 cm³/mol. The van der Waals surface area contributed by atoms with Crippen molar-refractivity contribution in [3.8, 4) is 0 Å². The molecule has 0 aliphatic rings. The third-order valence-corrected chi connectivity index (χ3v) is 2.14. The quantitative estimate of drug-likeness (QED) is 0.654. The van der Waals surface area contributed by atoms with E-state index in [2.05, 4.69) is 5.10 Å². The highest BCUT2D eigenvalue weighted by Crippen LogP contribution is 2.00. The Hall–Kier alpha value is -0.910. The van der Waals surface area contributed by atoms with Crippen molar-refractivity contribution >= 4 is 0 Å². The van der Waals surface area contributed by atoms with Gasteiger partial charge in [0, 0.05) is 19.3 Å². The monoisotopic (exact) mass is 227 g/mol. The van der Waals surface area contributed by atoms with E-state index in [1.54, 1.807) is 7.11 Å². The number of methoxy groups -OCH3 is 1. The summed E-state index contributed by atoms with van der Waals surface area (Å²) in [4.78, 5) is 0. The summed E-state index contributed by atoms with van der Waals surface area (Å²) in [5, 5.41) is 4.24. The molecule has 0 saturated heterocycles. The third kappa shape index (κ3) is 5.25. The van der Waals surface area contributed by atoms with Crippen LogP contribution in [0.4, 0.5) is 0 Å². The van der Waals surface area contributed by atoms with Crippen LogP contribution < -0.4 is 5.73 Å². The zero-order chi connectivity index (χ0) is 11.8. The van der Waals surface area contributed by atoms with E-state index in [1.165, 1.54) is 5.56 Å². The van der Waals surface area contributed by atoms with Gasteiger partial charge in [-0.1, -0.05) is 0 Å². The minimum absolute atomic E-state index is 0.176. The second kappa shape index (κ2) is 7.38. The number of hydrogen-bond donors (Lipinski definition) is 1. The maximum atomic E-state index is 5.71. The van der Waals surface area contributed by atoms with Crippen molar-refractivity contribution in [2.24, 2.45) is 5.73 Å². The summed E-state index contributed by atoms with van der Waals surface area (Å²) >= 11 is 0. The smallest absolute Gasteiger partial charge is 0.0701 e. The van der Waals surface area contributed by atoms with Gasteiger partial charge in [0.15, 0.2) is 0 Å². The predicted octanol–water partition coefficient (Wildman–Crippen LogP) is 0.436. The van der Waals surface area contributed by atoms with Gasteiger partial charge >= 0.3 is 0 Å². The number of hydrogen-bond acceptors (Lipinski definition) is 4. The van der Waals surface area contributed by atoms with E-state index in [-0.39, 0.29) is 6.04 Å². The molecule has 2 N–H and O–H groups in total. The minimum Gasteiger partial charge on any atom is -0.382 e. The zero-order valence-electron chi connectivity index (χ0n) is 10.1. The Labute approximate surface area is 96.5 Å². The minimum atomic E-state index is 0.176. The van der Waals surface area contributed by atoms with Gasteiger partial charge in [-0.3, -0.25) is 4.68 Å². The van der Waals surface area contributed by atoms with Crippen LogP contribution >= 0.6 is 0 Å². The fraction of sp³-hybridized carbons (Fsp3) is 0.727. The first-order chi connectivity index (χ1) is 7.72. The van der Waals surface area contributed by atoms with E-state index >= 15 is 0 Å². The van der Waals surface area contributed by atoms with Gasteiger partial charge in [-0.25, -0.2) is 0 Å². The highest BCUT2D eigenvalue weighted by atomic mass is 16.5. The molecule has 92 valence electrons. The summed E-state index contributed by atoms with van der Waals surface area (Å²) in [6, 6.07) is 0.176. The zero-order valence-corrected chi connectivity index (χ0v) is 10.1. The van der Waals surface area contributed by atoms with Crippen molar-refractivity contribution in [2.45, 2.75) is 25.9 Å². The fourth-order valence-corrected chi connectivity index (χ4v) is 1.41. The second-order valence-electron chi connectivity index (χ2n) is 3.90. The molecule has 0 aliphatic carbocycles. The summed E-state index contributed by atoms with van der Waals surface area (Å²) in [7, 11) is 1.66. The molecule has 1 aromatic heterocycles. The molecule has 1 atom stereocenters. The van der Waals surface area contributed by atoms with Crippen LogP contribution in [0.1, 0.15) is 12.5 Å². The average molecular weight is 227 g/mol. The molecule has 0 amide bonds. The van der Waals surface area contributed by atoms with Gasteiger partial charge in [0.2, 0.25) is 0 Å². The molecule has 0 aromatic carbocycles. The maximum Gasteiger partial charge on any atom is 0.0701 e. The summed E-state index contributed by atoms with van der Waals surface area (Å²) in [5.74, 6) is 0. The standard InChI is InChI=1S/C11H21N3O2/c1-10(12)7-11-8-13-14(9-11)3-4-16-6-5-15-2/h8-10H,3-7,12H2,1-2H3. The molecular formula is C11H21N3O2. The van der Waals surface area contributed by atoms with Crippen LogP contribution in [0.5, 0.6) is 0 Å². The molecule has 0 aliphatic heterocycles. The van der Waals surface area contributed by atoms with Crippen molar-refractivity contribution in [1.29, 1.82) is 0 Å². The highest BCUT2D eigenvalue weighted by Gasteiger charge is 2.01. The number of aromatic nitrogens is 2. The van der Waals surface area contributed by atoms with Crippen molar-refractivity contribution in [3.63, 3.8) is 0 Å². The number of ether oxygens (including phenoxy) is 2. The van der Waals surface area contributed by atoms with E-state index in [0.717, 1.165) is 13.0 Å². The summed E-state index contributed by atoms with van der Waals surface area (Å²) in [6.45, 7) is 4.68. The van der Waals surface area contributed by atoms with Crippen LogP contribution in [0.2, 0.25) is 0 Å². The van der Waals surface area contributed by atoms with E-state index in [1.807, 2.05) is 24.0 Å². The summed E-state index contributed by atoms with van der Waals surface area (Å²) < 4.78 is 12.1. The lowest BCUT2D eigenvalue weighted by Crippen LogP contribution is -2.17. The Bertz CT molecular complexity index is 287. The highest BCUT2D eigenvalue weighted by molar-refractivity contribution is 5.05. The first-order valence-electron chi connectivity index (χ1n) is 5.56. The first kappa shape index (κ1) is 13.2. The largest absolute Gasteiger partial charge is 0.382 e. The molecule has 0 fully saturated rings. The van der Waals surface area contributed by atoms with Gasteiger partial charge in [0.25, 0.3) is 0 Å². The molecule has 5 heteroatoms. The van der Waals surface area contributed by atoms with Crippen LogP contribution in [0, 0.1) is 0 Å². The molecule has 5 nitrogen and oxygen atoms in total. The number of nitrogens with two attached hydrogens (primary N) is 1. The molecule has 1 rings (SSSR count). The SMILES string of the molecule is COCCOCCn1cc(CC(C)N)cn1. The molecule has 1 aromatic rings. The van der Waals surface area contributed by atoms with Gasteiger partial charge < -0.3 is 15.2 Å². The second-order valence-corrected chi connectivity index (χ2v) is 3.90. The molecule has 0 bridgehead atoms. The first-order valence-corrected chi connectivity index (χ1v) is 5.56. The van der Waals surface area contributed by atoms with E-state index in [9.17, 15) is 0 Å². The molecule has 1 unspecified atom stereocenters. The molecule has 16 heavy (non-hydrogen) atoms. The topological polar surface area (TPSA) is 62.3 Å². The maximum absolute atomic E-state index is 5.71. The average Bonchev–Trinajstić information content (AvgIpc) is 2.64. The Morgan fingerprint density at radius 3 is 2.94 bits per heavy atom. The van der Waals surface area contributed by atoms with Crippen LogP contribution in [-0.4, -0.2) is 42.8 Å². The lowest BCUT2D eigenvalue weighted by Gasteiger charge is -2.03. The van der Waals surface area contributed by atoms with Crippen LogP contribution in [0.15, 0.2) is 12.4 Å². The fourth-order valence-electron chi connectivity index (χ4n) is 1.41. The summed E-state index contributed by atoms with van der Waals surface area (Å²) in [5.41, 5.74) is 6.89. The normalized spacial score (nSPS) is 12.9.